The summed E-state index contributed by atoms with van der Waals surface area (Å²) in [5.41, 5.74) is 1.41. The molecule has 170 valence electrons. The van der Waals surface area contributed by atoms with Gasteiger partial charge in [-0.2, -0.15) is 0 Å². The van der Waals surface area contributed by atoms with Gasteiger partial charge in [-0.1, -0.05) is 55.7 Å². The molecule has 0 aliphatic heterocycles. The number of hydrogen-bond acceptors (Lipinski definition) is 5. The molecule has 4 rings (SSSR count). The molecule has 1 atom stereocenters. The van der Waals surface area contributed by atoms with Crippen LogP contribution in [0.15, 0.2) is 73.2 Å². The van der Waals surface area contributed by atoms with Gasteiger partial charge < -0.3 is 10.1 Å². The molecular formula is C26H28N4O3. The Hall–Kier alpha value is -3.74. The zero-order valence-corrected chi connectivity index (χ0v) is 18.7. The number of carbonyl (C=O) groups is 2. The van der Waals surface area contributed by atoms with Gasteiger partial charge in [-0.15, -0.1) is 0 Å². The van der Waals surface area contributed by atoms with Gasteiger partial charge >= 0.3 is 0 Å². The molecule has 33 heavy (non-hydrogen) atoms. The summed E-state index contributed by atoms with van der Waals surface area (Å²) in [6.45, 7) is 0. The number of benzene rings is 2. The van der Waals surface area contributed by atoms with Crippen molar-refractivity contribution in [2.75, 3.05) is 12.0 Å². The van der Waals surface area contributed by atoms with Crippen molar-refractivity contribution in [1.29, 1.82) is 0 Å². The highest BCUT2D eigenvalue weighted by Crippen LogP contribution is 2.32. The third-order valence-electron chi connectivity index (χ3n) is 5.91. The monoisotopic (exact) mass is 444 g/mol. The van der Waals surface area contributed by atoms with Gasteiger partial charge in [0.2, 0.25) is 5.91 Å². The first-order chi connectivity index (χ1) is 16.2. The first kappa shape index (κ1) is 22.5. The van der Waals surface area contributed by atoms with E-state index in [1.165, 1.54) is 29.9 Å². The SMILES string of the molecule is COc1cccc(N(C(=O)c2cnccn2)[C@H](C(=O)NC2CCCCC2)c2ccccc2)c1. The molecular weight excluding hydrogens is 416 g/mol. The number of nitrogens with one attached hydrogen (secondary N) is 1. The van der Waals surface area contributed by atoms with Crippen molar-refractivity contribution >= 4 is 17.5 Å². The zero-order chi connectivity index (χ0) is 23.0. The zero-order valence-electron chi connectivity index (χ0n) is 18.7. The van der Waals surface area contributed by atoms with Crippen molar-refractivity contribution in [2.45, 2.75) is 44.2 Å². The molecule has 1 fully saturated rings. The van der Waals surface area contributed by atoms with Gasteiger partial charge in [0, 0.05) is 30.2 Å². The second kappa shape index (κ2) is 10.7. The second-order valence-electron chi connectivity index (χ2n) is 8.12. The highest BCUT2D eigenvalue weighted by molar-refractivity contribution is 6.09. The summed E-state index contributed by atoms with van der Waals surface area (Å²) in [6.07, 6.45) is 9.67. The predicted molar refractivity (Wildman–Crippen MR) is 126 cm³/mol. The van der Waals surface area contributed by atoms with E-state index in [0.717, 1.165) is 25.7 Å². The van der Waals surface area contributed by atoms with Crippen molar-refractivity contribution < 1.29 is 14.3 Å². The normalized spacial score (nSPS) is 14.8. The van der Waals surface area contributed by atoms with E-state index < -0.39 is 11.9 Å². The van der Waals surface area contributed by atoms with E-state index in [0.29, 0.717) is 17.0 Å². The topological polar surface area (TPSA) is 84.4 Å². The number of ether oxygens (including phenoxy) is 1. The minimum Gasteiger partial charge on any atom is -0.497 e. The van der Waals surface area contributed by atoms with E-state index in [1.54, 1.807) is 31.4 Å². The van der Waals surface area contributed by atoms with E-state index in [2.05, 4.69) is 15.3 Å². The highest BCUT2D eigenvalue weighted by Gasteiger charge is 2.35. The average molecular weight is 445 g/mol. The number of amides is 2. The van der Waals surface area contributed by atoms with Gasteiger partial charge in [0.1, 0.15) is 17.5 Å². The van der Waals surface area contributed by atoms with E-state index in [1.807, 2.05) is 30.3 Å². The molecule has 2 amide bonds. The van der Waals surface area contributed by atoms with E-state index in [4.69, 9.17) is 4.74 Å². The third-order valence-corrected chi connectivity index (χ3v) is 5.91. The Balaban J connectivity index is 1.79. The van der Waals surface area contributed by atoms with E-state index in [-0.39, 0.29) is 17.6 Å². The summed E-state index contributed by atoms with van der Waals surface area (Å²) < 4.78 is 5.39. The van der Waals surface area contributed by atoms with Crippen LogP contribution in [-0.4, -0.2) is 34.9 Å². The quantitative estimate of drug-likeness (QED) is 0.587. The van der Waals surface area contributed by atoms with Crippen molar-refractivity contribution in [1.82, 2.24) is 15.3 Å². The molecule has 2 aromatic carbocycles. The molecule has 1 N–H and O–H groups in total. The van der Waals surface area contributed by atoms with Gasteiger partial charge in [-0.05, 0) is 30.5 Å². The maximum Gasteiger partial charge on any atom is 0.279 e. The van der Waals surface area contributed by atoms with Crippen LogP contribution in [0.3, 0.4) is 0 Å². The molecule has 1 aromatic heterocycles. The number of methoxy groups -OCH3 is 1. The summed E-state index contributed by atoms with van der Waals surface area (Å²) in [5.74, 6) is -0.0406. The molecule has 0 bridgehead atoms. The van der Waals surface area contributed by atoms with Crippen molar-refractivity contribution in [3.05, 3.63) is 84.4 Å². The van der Waals surface area contributed by atoms with E-state index >= 15 is 0 Å². The summed E-state index contributed by atoms with van der Waals surface area (Å²) >= 11 is 0. The predicted octanol–water partition coefficient (Wildman–Crippen LogP) is 4.32. The molecule has 7 nitrogen and oxygen atoms in total. The lowest BCUT2D eigenvalue weighted by atomic mass is 9.94. The number of aromatic nitrogens is 2. The van der Waals surface area contributed by atoms with Crippen molar-refractivity contribution in [3.63, 3.8) is 0 Å². The Morgan fingerprint density at radius 2 is 1.82 bits per heavy atom. The lowest BCUT2D eigenvalue weighted by molar-refractivity contribution is -0.123. The number of nitrogens with zero attached hydrogens (tertiary/aromatic N) is 3. The van der Waals surface area contributed by atoms with Crippen LogP contribution in [0.1, 0.15) is 54.2 Å². The molecule has 0 saturated heterocycles. The van der Waals surface area contributed by atoms with Crippen LogP contribution in [0.4, 0.5) is 5.69 Å². The highest BCUT2D eigenvalue weighted by atomic mass is 16.5. The summed E-state index contributed by atoms with van der Waals surface area (Å²) in [5, 5.41) is 3.20. The number of carbonyl (C=O) groups excluding carboxylic acids is 2. The molecule has 1 saturated carbocycles. The summed E-state index contributed by atoms with van der Waals surface area (Å²) in [7, 11) is 1.57. The first-order valence-electron chi connectivity index (χ1n) is 11.3. The average Bonchev–Trinajstić information content (AvgIpc) is 2.88. The number of hydrogen-bond donors (Lipinski definition) is 1. The van der Waals surface area contributed by atoms with Crippen LogP contribution in [0.25, 0.3) is 0 Å². The molecule has 0 spiro atoms. The largest absolute Gasteiger partial charge is 0.497 e. The molecule has 0 unspecified atom stereocenters. The Bertz CT molecular complexity index is 1070. The Morgan fingerprint density at radius 3 is 2.52 bits per heavy atom. The standard InChI is InChI=1S/C26H28N4O3/c1-33-22-14-8-13-21(17-22)30(26(32)23-18-27-15-16-28-23)24(19-9-4-2-5-10-19)25(31)29-20-11-6-3-7-12-20/h2,4-5,8-10,13-18,20,24H,3,6-7,11-12H2,1H3,(H,29,31)/t24-/m0/s1. The van der Waals surface area contributed by atoms with Gasteiger partial charge in [-0.3, -0.25) is 19.5 Å². The summed E-state index contributed by atoms with van der Waals surface area (Å²) in [4.78, 5) is 37.2. The number of rotatable bonds is 7. The Morgan fingerprint density at radius 1 is 1.03 bits per heavy atom. The smallest absolute Gasteiger partial charge is 0.279 e. The molecule has 7 heteroatoms. The lowest BCUT2D eigenvalue weighted by Gasteiger charge is -2.33. The number of anilines is 1. The maximum absolute atomic E-state index is 13.8. The summed E-state index contributed by atoms with van der Waals surface area (Å²) in [6, 6.07) is 15.7. The fourth-order valence-electron chi connectivity index (χ4n) is 4.26. The third kappa shape index (κ3) is 5.37. The molecule has 3 aromatic rings. The van der Waals surface area contributed by atoms with E-state index in [9.17, 15) is 9.59 Å². The minimum absolute atomic E-state index is 0.108. The van der Waals surface area contributed by atoms with Crippen LogP contribution in [-0.2, 0) is 4.79 Å². The van der Waals surface area contributed by atoms with Crippen LogP contribution in [0.5, 0.6) is 5.75 Å². The Kier molecular flexibility index (Phi) is 7.29. The van der Waals surface area contributed by atoms with Crippen molar-refractivity contribution in [3.8, 4) is 5.75 Å². The first-order valence-corrected chi connectivity index (χ1v) is 11.3. The minimum atomic E-state index is -0.880. The fraction of sp³-hybridized carbons (Fsp3) is 0.308. The van der Waals surface area contributed by atoms with Gasteiger partial charge in [0.25, 0.3) is 5.91 Å². The molecule has 1 aliphatic carbocycles. The van der Waals surface area contributed by atoms with Crippen LogP contribution in [0, 0.1) is 0 Å². The van der Waals surface area contributed by atoms with Gasteiger partial charge in [0.05, 0.1) is 13.3 Å². The van der Waals surface area contributed by atoms with Gasteiger partial charge in [0.15, 0.2) is 0 Å². The lowest BCUT2D eigenvalue weighted by Crippen LogP contribution is -2.47. The molecule has 1 aliphatic rings. The van der Waals surface area contributed by atoms with Crippen LogP contribution < -0.4 is 15.0 Å². The van der Waals surface area contributed by atoms with Crippen LogP contribution in [0.2, 0.25) is 0 Å². The fourth-order valence-corrected chi connectivity index (χ4v) is 4.26. The van der Waals surface area contributed by atoms with Crippen molar-refractivity contribution in [2.24, 2.45) is 0 Å². The second-order valence-corrected chi connectivity index (χ2v) is 8.12. The van der Waals surface area contributed by atoms with Crippen LogP contribution >= 0.6 is 0 Å². The Labute approximate surface area is 193 Å². The molecule has 0 radical (unpaired) electrons. The van der Waals surface area contributed by atoms with Gasteiger partial charge in [-0.25, -0.2) is 4.98 Å². The molecule has 1 heterocycles. The maximum atomic E-state index is 13.8.